The third-order valence-corrected chi connectivity index (χ3v) is 4.84. The first-order valence-corrected chi connectivity index (χ1v) is 6.79. The molecule has 1 aliphatic carbocycles. The van der Waals surface area contributed by atoms with E-state index in [4.69, 9.17) is 10.5 Å². The van der Waals surface area contributed by atoms with Crippen molar-refractivity contribution < 1.29 is 9.53 Å². The van der Waals surface area contributed by atoms with Crippen LogP contribution in [0.25, 0.3) is 0 Å². The van der Waals surface area contributed by atoms with Gasteiger partial charge in [0.15, 0.2) is 6.10 Å². The van der Waals surface area contributed by atoms with E-state index >= 15 is 0 Å². The zero-order valence-corrected chi connectivity index (χ0v) is 10.5. The molecule has 2 saturated heterocycles. The molecule has 3 fully saturated rings. The summed E-state index contributed by atoms with van der Waals surface area (Å²) in [4.78, 5) is 14.4. The Morgan fingerprint density at radius 1 is 1.47 bits per heavy atom. The molecule has 2 aliphatic heterocycles. The predicted molar refractivity (Wildman–Crippen MR) is 64.4 cm³/mol. The lowest BCUT2D eigenvalue weighted by Gasteiger charge is -2.38. The van der Waals surface area contributed by atoms with Gasteiger partial charge in [0.1, 0.15) is 0 Å². The van der Waals surface area contributed by atoms with Crippen molar-refractivity contribution in [3.63, 3.8) is 0 Å². The van der Waals surface area contributed by atoms with Crippen LogP contribution in [-0.2, 0) is 9.53 Å². The van der Waals surface area contributed by atoms with E-state index in [1.807, 2.05) is 4.90 Å². The summed E-state index contributed by atoms with van der Waals surface area (Å²) in [6.07, 6.45) is 5.50. The number of hydrogen-bond donors (Lipinski definition) is 1. The van der Waals surface area contributed by atoms with Crippen LogP contribution in [0.1, 0.15) is 39.0 Å². The fourth-order valence-corrected chi connectivity index (χ4v) is 3.68. The monoisotopic (exact) mass is 238 g/mol. The molecular formula is C13H22N2O2. The van der Waals surface area contributed by atoms with Gasteiger partial charge < -0.3 is 15.4 Å². The van der Waals surface area contributed by atoms with Gasteiger partial charge in [-0.15, -0.1) is 0 Å². The van der Waals surface area contributed by atoms with E-state index in [0.717, 1.165) is 13.0 Å². The first-order valence-electron chi connectivity index (χ1n) is 6.79. The summed E-state index contributed by atoms with van der Waals surface area (Å²) in [5, 5.41) is 0. The minimum atomic E-state index is -0.382. The second-order valence-electron chi connectivity index (χ2n) is 6.12. The largest absolute Gasteiger partial charge is 0.367 e. The van der Waals surface area contributed by atoms with Gasteiger partial charge in [-0.3, -0.25) is 4.79 Å². The molecule has 17 heavy (non-hydrogen) atoms. The Hall–Kier alpha value is -0.610. The van der Waals surface area contributed by atoms with Gasteiger partial charge in [-0.1, -0.05) is 6.42 Å². The number of amides is 1. The van der Waals surface area contributed by atoms with Crippen LogP contribution >= 0.6 is 0 Å². The average Bonchev–Trinajstić information content (AvgIpc) is 2.80. The first-order chi connectivity index (χ1) is 8.11. The van der Waals surface area contributed by atoms with E-state index in [0.29, 0.717) is 18.1 Å². The Labute approximate surface area is 102 Å². The predicted octanol–water partition coefficient (Wildman–Crippen LogP) is 0.894. The molecule has 0 aromatic heterocycles. The van der Waals surface area contributed by atoms with E-state index in [-0.39, 0.29) is 18.1 Å². The van der Waals surface area contributed by atoms with Gasteiger partial charge in [0.2, 0.25) is 0 Å². The van der Waals surface area contributed by atoms with E-state index < -0.39 is 0 Å². The number of likely N-dealkylation sites (tertiary alicyclic amines) is 1. The lowest BCUT2D eigenvalue weighted by molar-refractivity contribution is -0.142. The zero-order chi connectivity index (χ0) is 12.0. The summed E-state index contributed by atoms with van der Waals surface area (Å²) in [7, 11) is 0. The first kappa shape index (κ1) is 11.5. The van der Waals surface area contributed by atoms with E-state index in [1.165, 1.54) is 25.7 Å². The fraction of sp³-hybridized carbons (Fsp3) is 0.923. The topological polar surface area (TPSA) is 55.6 Å². The number of carbonyl (C=O) groups excluding carboxylic acids is 1. The van der Waals surface area contributed by atoms with Gasteiger partial charge in [-0.2, -0.15) is 0 Å². The molecule has 4 heteroatoms. The van der Waals surface area contributed by atoms with Crippen molar-refractivity contribution in [1.29, 1.82) is 0 Å². The maximum Gasteiger partial charge on any atom is 0.253 e. The van der Waals surface area contributed by atoms with Crippen molar-refractivity contribution in [3.05, 3.63) is 0 Å². The van der Waals surface area contributed by atoms with Crippen LogP contribution in [0.3, 0.4) is 0 Å². The molecule has 3 atom stereocenters. The smallest absolute Gasteiger partial charge is 0.253 e. The summed E-state index contributed by atoms with van der Waals surface area (Å²) in [5.74, 6) is 0.131. The highest BCUT2D eigenvalue weighted by molar-refractivity contribution is 5.82. The van der Waals surface area contributed by atoms with Crippen molar-refractivity contribution in [3.8, 4) is 0 Å². The SMILES string of the molecule is CC1CC2(CCC2)CN1C(=O)[C@@H]1OCC[C@@H]1N. The van der Waals surface area contributed by atoms with Gasteiger partial charge in [-0.25, -0.2) is 0 Å². The highest BCUT2D eigenvalue weighted by Gasteiger charge is 2.49. The number of rotatable bonds is 1. The molecule has 1 saturated carbocycles. The number of nitrogens with two attached hydrogens (primary N) is 1. The van der Waals surface area contributed by atoms with Crippen LogP contribution in [0.5, 0.6) is 0 Å². The molecule has 2 N–H and O–H groups in total. The summed E-state index contributed by atoms with van der Waals surface area (Å²) in [5.41, 5.74) is 6.38. The molecule has 3 aliphatic rings. The van der Waals surface area contributed by atoms with Crippen LogP contribution in [0, 0.1) is 5.41 Å². The van der Waals surface area contributed by atoms with Crippen LogP contribution in [0.4, 0.5) is 0 Å². The minimum absolute atomic E-state index is 0.104. The van der Waals surface area contributed by atoms with Crippen LogP contribution < -0.4 is 5.73 Å². The van der Waals surface area contributed by atoms with Gasteiger partial charge in [0.05, 0.1) is 0 Å². The maximum atomic E-state index is 12.4. The molecule has 0 radical (unpaired) electrons. The molecule has 1 unspecified atom stereocenters. The molecule has 2 heterocycles. The van der Waals surface area contributed by atoms with Gasteiger partial charge in [0, 0.05) is 25.2 Å². The average molecular weight is 238 g/mol. The summed E-state index contributed by atoms with van der Waals surface area (Å²) < 4.78 is 5.49. The van der Waals surface area contributed by atoms with Crippen LogP contribution in [0.15, 0.2) is 0 Å². The molecule has 1 spiro atoms. The second-order valence-corrected chi connectivity index (χ2v) is 6.12. The van der Waals surface area contributed by atoms with Gasteiger partial charge in [0.25, 0.3) is 5.91 Å². The Balaban J connectivity index is 1.69. The number of nitrogens with zero attached hydrogens (tertiary/aromatic N) is 1. The Bertz CT molecular complexity index is 327. The Morgan fingerprint density at radius 3 is 2.71 bits per heavy atom. The van der Waals surface area contributed by atoms with E-state index in [9.17, 15) is 4.79 Å². The highest BCUT2D eigenvalue weighted by Crippen LogP contribution is 2.50. The summed E-state index contributed by atoms with van der Waals surface area (Å²) in [6.45, 7) is 3.72. The third-order valence-electron chi connectivity index (χ3n) is 4.84. The van der Waals surface area contributed by atoms with Crippen molar-refractivity contribution in [2.45, 2.75) is 57.2 Å². The van der Waals surface area contributed by atoms with Gasteiger partial charge >= 0.3 is 0 Å². The number of ether oxygens (including phenoxy) is 1. The molecule has 3 rings (SSSR count). The number of hydrogen-bond acceptors (Lipinski definition) is 3. The Kier molecular flexibility index (Phi) is 2.67. The van der Waals surface area contributed by atoms with Crippen LogP contribution in [-0.4, -0.2) is 42.1 Å². The quantitative estimate of drug-likeness (QED) is 0.738. The normalized spacial score (nSPS) is 39.6. The maximum absolute atomic E-state index is 12.4. The second kappa shape index (κ2) is 3.95. The van der Waals surface area contributed by atoms with Crippen molar-refractivity contribution in [1.82, 2.24) is 4.90 Å². The fourth-order valence-electron chi connectivity index (χ4n) is 3.68. The standard InChI is InChI=1S/C13H22N2O2/c1-9-7-13(4-2-5-13)8-15(9)12(16)11-10(14)3-6-17-11/h9-11H,2-8,14H2,1H3/t9?,10-,11+/m0/s1. The van der Waals surface area contributed by atoms with Crippen molar-refractivity contribution in [2.24, 2.45) is 11.1 Å². The summed E-state index contributed by atoms with van der Waals surface area (Å²) >= 11 is 0. The summed E-state index contributed by atoms with van der Waals surface area (Å²) in [6, 6.07) is 0.256. The number of carbonyl (C=O) groups is 1. The van der Waals surface area contributed by atoms with Crippen molar-refractivity contribution in [2.75, 3.05) is 13.2 Å². The van der Waals surface area contributed by atoms with Gasteiger partial charge in [-0.05, 0) is 38.0 Å². The zero-order valence-electron chi connectivity index (χ0n) is 10.5. The van der Waals surface area contributed by atoms with E-state index in [1.54, 1.807) is 0 Å². The molecular weight excluding hydrogens is 216 g/mol. The molecule has 0 aromatic rings. The highest BCUT2D eigenvalue weighted by atomic mass is 16.5. The minimum Gasteiger partial charge on any atom is -0.367 e. The molecule has 0 bridgehead atoms. The molecule has 96 valence electrons. The Morgan fingerprint density at radius 2 is 2.24 bits per heavy atom. The lowest BCUT2D eigenvalue weighted by Crippen LogP contribution is -2.48. The third kappa shape index (κ3) is 1.78. The lowest BCUT2D eigenvalue weighted by atomic mass is 9.68. The molecule has 1 amide bonds. The van der Waals surface area contributed by atoms with Crippen molar-refractivity contribution >= 4 is 5.91 Å². The van der Waals surface area contributed by atoms with Crippen LogP contribution in [0.2, 0.25) is 0 Å². The molecule has 0 aromatic carbocycles. The van der Waals surface area contributed by atoms with E-state index in [2.05, 4.69) is 6.92 Å². The molecule has 4 nitrogen and oxygen atoms in total.